The first-order valence-corrected chi connectivity index (χ1v) is 6.65. The minimum absolute atomic E-state index is 0.0751. The summed E-state index contributed by atoms with van der Waals surface area (Å²) in [6, 6.07) is 4.48. The van der Waals surface area contributed by atoms with Crippen LogP contribution < -0.4 is 5.32 Å². The van der Waals surface area contributed by atoms with E-state index in [1.165, 1.54) is 6.07 Å². The van der Waals surface area contributed by atoms with Gasteiger partial charge in [-0.2, -0.15) is 0 Å². The average Bonchev–Trinajstić information content (AvgIpc) is 2.83. The van der Waals surface area contributed by atoms with Crippen molar-refractivity contribution in [3.8, 4) is 0 Å². The standard InChI is InChI=1S/C15H19FN2O2/c1-10-4-5-12(16)11(8-10)13(19)18-7-6-15(2,9-18)14(20)17-3/h4-5,8H,6-7,9H2,1-3H3,(H,17,20). The van der Waals surface area contributed by atoms with Gasteiger partial charge < -0.3 is 10.2 Å². The third-order valence-electron chi connectivity index (χ3n) is 3.89. The second kappa shape index (κ2) is 5.23. The van der Waals surface area contributed by atoms with Crippen LogP contribution in [0.2, 0.25) is 0 Å². The molecule has 2 rings (SSSR count). The topological polar surface area (TPSA) is 49.4 Å². The van der Waals surface area contributed by atoms with Gasteiger partial charge in [-0.1, -0.05) is 11.6 Å². The molecule has 108 valence electrons. The van der Waals surface area contributed by atoms with E-state index in [-0.39, 0.29) is 17.4 Å². The molecule has 0 aromatic heterocycles. The van der Waals surface area contributed by atoms with Gasteiger partial charge in [0.2, 0.25) is 5.91 Å². The van der Waals surface area contributed by atoms with Gasteiger partial charge in [0.25, 0.3) is 5.91 Å². The number of nitrogens with zero attached hydrogens (tertiary/aromatic N) is 1. The Labute approximate surface area is 118 Å². The van der Waals surface area contributed by atoms with Crippen LogP contribution in [0.25, 0.3) is 0 Å². The molecule has 0 bridgehead atoms. The van der Waals surface area contributed by atoms with E-state index in [1.807, 2.05) is 13.8 Å². The number of rotatable bonds is 2. The maximum atomic E-state index is 13.8. The Morgan fingerprint density at radius 1 is 1.40 bits per heavy atom. The lowest BCUT2D eigenvalue weighted by molar-refractivity contribution is -0.128. The lowest BCUT2D eigenvalue weighted by Crippen LogP contribution is -2.40. The molecule has 0 aliphatic carbocycles. The zero-order chi connectivity index (χ0) is 14.9. The quantitative estimate of drug-likeness (QED) is 0.895. The fourth-order valence-electron chi connectivity index (χ4n) is 2.59. The van der Waals surface area contributed by atoms with Crippen LogP contribution in [0.1, 0.15) is 29.3 Å². The van der Waals surface area contributed by atoms with Gasteiger partial charge >= 0.3 is 0 Å². The number of likely N-dealkylation sites (tertiary alicyclic amines) is 1. The fraction of sp³-hybridized carbons (Fsp3) is 0.467. The highest BCUT2D eigenvalue weighted by atomic mass is 19.1. The molecule has 2 amide bonds. The van der Waals surface area contributed by atoms with E-state index < -0.39 is 11.2 Å². The van der Waals surface area contributed by atoms with Crippen molar-refractivity contribution in [3.05, 3.63) is 35.1 Å². The second-order valence-corrected chi connectivity index (χ2v) is 5.60. The molecular weight excluding hydrogens is 259 g/mol. The van der Waals surface area contributed by atoms with E-state index in [4.69, 9.17) is 0 Å². The summed E-state index contributed by atoms with van der Waals surface area (Å²) in [5.74, 6) is -0.953. The Bertz CT molecular complexity index is 559. The zero-order valence-corrected chi connectivity index (χ0v) is 12.0. The molecule has 1 aromatic rings. The summed E-state index contributed by atoms with van der Waals surface area (Å²) in [4.78, 5) is 25.8. The Morgan fingerprint density at radius 3 is 2.75 bits per heavy atom. The van der Waals surface area contributed by atoms with E-state index in [9.17, 15) is 14.0 Å². The number of hydrogen-bond donors (Lipinski definition) is 1. The van der Waals surface area contributed by atoms with Crippen LogP contribution in [-0.2, 0) is 4.79 Å². The van der Waals surface area contributed by atoms with E-state index in [0.717, 1.165) is 5.56 Å². The summed E-state index contributed by atoms with van der Waals surface area (Å²) >= 11 is 0. The normalized spacial score (nSPS) is 21.9. The molecule has 1 aliphatic rings. The van der Waals surface area contributed by atoms with Crippen LogP contribution in [0.5, 0.6) is 0 Å². The zero-order valence-electron chi connectivity index (χ0n) is 12.0. The molecule has 1 N–H and O–H groups in total. The molecule has 1 fully saturated rings. The number of amides is 2. The molecule has 5 heteroatoms. The summed E-state index contributed by atoms with van der Waals surface area (Å²) in [6.07, 6.45) is 0.589. The first-order valence-electron chi connectivity index (χ1n) is 6.65. The minimum Gasteiger partial charge on any atom is -0.359 e. The largest absolute Gasteiger partial charge is 0.359 e. The minimum atomic E-state index is -0.593. The van der Waals surface area contributed by atoms with Crippen LogP contribution in [0, 0.1) is 18.2 Å². The Hall–Kier alpha value is -1.91. The number of carbonyl (C=O) groups excluding carboxylic acids is 2. The first kappa shape index (κ1) is 14.5. The second-order valence-electron chi connectivity index (χ2n) is 5.60. The van der Waals surface area contributed by atoms with Crippen molar-refractivity contribution in [1.82, 2.24) is 10.2 Å². The summed E-state index contributed by atoms with van der Waals surface area (Å²) in [5.41, 5.74) is 0.319. The van der Waals surface area contributed by atoms with Crippen LogP contribution in [0.3, 0.4) is 0 Å². The van der Waals surface area contributed by atoms with Gasteiger partial charge in [-0.15, -0.1) is 0 Å². The van der Waals surface area contributed by atoms with Gasteiger partial charge in [-0.3, -0.25) is 9.59 Å². The fourth-order valence-corrected chi connectivity index (χ4v) is 2.59. The molecule has 0 saturated carbocycles. The van der Waals surface area contributed by atoms with Crippen LogP contribution in [0.15, 0.2) is 18.2 Å². The molecule has 0 spiro atoms. The lowest BCUT2D eigenvalue weighted by Gasteiger charge is -2.23. The number of nitrogens with one attached hydrogen (secondary N) is 1. The SMILES string of the molecule is CNC(=O)C1(C)CCN(C(=O)c2cc(C)ccc2F)C1. The molecule has 4 nitrogen and oxygen atoms in total. The van der Waals surface area contributed by atoms with Gasteiger partial charge in [-0.05, 0) is 32.4 Å². The van der Waals surface area contributed by atoms with E-state index in [0.29, 0.717) is 19.5 Å². The van der Waals surface area contributed by atoms with Crippen molar-refractivity contribution in [3.63, 3.8) is 0 Å². The van der Waals surface area contributed by atoms with Crippen molar-refractivity contribution in [2.75, 3.05) is 20.1 Å². The Kier molecular flexibility index (Phi) is 3.79. The van der Waals surface area contributed by atoms with E-state index in [2.05, 4.69) is 5.32 Å². The predicted octanol–water partition coefficient (Wildman–Crippen LogP) is 1.73. The molecule has 1 aliphatic heterocycles. The van der Waals surface area contributed by atoms with Crippen LogP contribution in [0.4, 0.5) is 4.39 Å². The third-order valence-corrected chi connectivity index (χ3v) is 3.89. The Balaban J connectivity index is 2.20. The third kappa shape index (κ3) is 2.53. The molecule has 1 atom stereocenters. The molecule has 1 unspecified atom stereocenters. The molecule has 1 heterocycles. The first-order chi connectivity index (χ1) is 9.37. The van der Waals surface area contributed by atoms with Crippen molar-refractivity contribution in [2.24, 2.45) is 5.41 Å². The summed E-state index contributed by atoms with van der Waals surface area (Å²) in [6.45, 7) is 4.43. The summed E-state index contributed by atoms with van der Waals surface area (Å²) < 4.78 is 13.8. The van der Waals surface area contributed by atoms with Gasteiger partial charge in [0.15, 0.2) is 0 Å². The average molecular weight is 278 g/mol. The number of halogens is 1. The van der Waals surface area contributed by atoms with E-state index >= 15 is 0 Å². The smallest absolute Gasteiger partial charge is 0.256 e. The van der Waals surface area contributed by atoms with Gasteiger partial charge in [0.1, 0.15) is 5.82 Å². The summed E-state index contributed by atoms with van der Waals surface area (Å²) in [7, 11) is 1.58. The highest BCUT2D eigenvalue weighted by Gasteiger charge is 2.41. The highest BCUT2D eigenvalue weighted by Crippen LogP contribution is 2.31. The number of benzene rings is 1. The lowest BCUT2D eigenvalue weighted by atomic mass is 9.89. The van der Waals surface area contributed by atoms with E-state index in [1.54, 1.807) is 24.1 Å². The Morgan fingerprint density at radius 2 is 2.10 bits per heavy atom. The van der Waals surface area contributed by atoms with Crippen molar-refractivity contribution >= 4 is 11.8 Å². The highest BCUT2D eigenvalue weighted by molar-refractivity contribution is 5.95. The maximum absolute atomic E-state index is 13.8. The van der Waals surface area contributed by atoms with Gasteiger partial charge in [0.05, 0.1) is 11.0 Å². The number of hydrogen-bond acceptors (Lipinski definition) is 2. The maximum Gasteiger partial charge on any atom is 0.256 e. The predicted molar refractivity (Wildman–Crippen MR) is 73.8 cm³/mol. The van der Waals surface area contributed by atoms with Crippen molar-refractivity contribution < 1.29 is 14.0 Å². The van der Waals surface area contributed by atoms with Crippen LogP contribution in [-0.4, -0.2) is 36.9 Å². The molecule has 20 heavy (non-hydrogen) atoms. The molecule has 0 radical (unpaired) electrons. The molecule has 1 aromatic carbocycles. The van der Waals surface area contributed by atoms with Gasteiger partial charge in [0, 0.05) is 20.1 Å². The monoisotopic (exact) mass is 278 g/mol. The molecule has 1 saturated heterocycles. The van der Waals surface area contributed by atoms with Crippen LogP contribution >= 0.6 is 0 Å². The van der Waals surface area contributed by atoms with Crippen molar-refractivity contribution in [1.29, 1.82) is 0 Å². The number of aryl methyl sites for hydroxylation is 1. The summed E-state index contributed by atoms with van der Waals surface area (Å²) in [5, 5.41) is 2.62. The van der Waals surface area contributed by atoms with Gasteiger partial charge in [-0.25, -0.2) is 4.39 Å². The van der Waals surface area contributed by atoms with Crippen molar-refractivity contribution in [2.45, 2.75) is 20.3 Å². The number of carbonyl (C=O) groups is 2. The molecular formula is C15H19FN2O2.